The van der Waals surface area contributed by atoms with E-state index >= 15 is 0 Å². The normalized spacial score (nSPS) is 11.8. The Morgan fingerprint density at radius 3 is 2.42 bits per heavy atom. The molecule has 0 aromatic carbocycles. The van der Waals surface area contributed by atoms with Crippen molar-refractivity contribution in [2.75, 3.05) is 0 Å². The van der Waals surface area contributed by atoms with Crippen LogP contribution in [0.1, 0.15) is 5.82 Å². The molecule has 0 aliphatic rings. The van der Waals surface area contributed by atoms with E-state index in [1.54, 1.807) is 0 Å². The smallest absolute Gasteiger partial charge is 0.224 e. The summed E-state index contributed by atoms with van der Waals surface area (Å²) >= 11 is 15.0. The molecule has 0 saturated heterocycles. The van der Waals surface area contributed by atoms with Crippen LogP contribution in [0.3, 0.4) is 0 Å². The lowest BCUT2D eigenvalue weighted by Gasteiger charge is -2.05. The standard InChI is InChI=1S/C5Cl3F2N2/c6-2-1-11-4(5(7,8)10)12-3(2)9. The van der Waals surface area contributed by atoms with Crippen molar-refractivity contribution >= 4 is 34.8 Å². The number of rotatable bonds is 1. The molecule has 1 aromatic heterocycles. The zero-order chi connectivity index (χ0) is 9.35. The summed E-state index contributed by atoms with van der Waals surface area (Å²) in [6, 6.07) is 0. The fourth-order valence-corrected chi connectivity index (χ4v) is 0.696. The Bertz CT molecular complexity index is 299. The summed E-state index contributed by atoms with van der Waals surface area (Å²) in [5.74, 6) is -1.85. The third-order valence-electron chi connectivity index (χ3n) is 0.899. The molecule has 1 aromatic rings. The van der Waals surface area contributed by atoms with Crippen molar-refractivity contribution in [3.8, 4) is 0 Å². The summed E-state index contributed by atoms with van der Waals surface area (Å²) in [6.07, 6.45) is 1.94. The van der Waals surface area contributed by atoms with Crippen LogP contribution in [0.2, 0.25) is 5.02 Å². The van der Waals surface area contributed by atoms with Gasteiger partial charge in [0, 0.05) is 0 Å². The Kier molecular flexibility index (Phi) is 2.70. The molecule has 0 saturated carbocycles. The highest BCUT2D eigenvalue weighted by molar-refractivity contribution is 6.46. The van der Waals surface area contributed by atoms with Crippen molar-refractivity contribution < 1.29 is 8.78 Å². The molecule has 7 heteroatoms. The van der Waals surface area contributed by atoms with E-state index in [4.69, 9.17) is 34.8 Å². The van der Waals surface area contributed by atoms with Gasteiger partial charge in [-0.2, -0.15) is 13.8 Å². The van der Waals surface area contributed by atoms with E-state index in [0.29, 0.717) is 0 Å². The maximum atomic E-state index is 12.6. The molecule has 0 N–H and O–H groups in total. The van der Waals surface area contributed by atoms with Gasteiger partial charge in [0.25, 0.3) is 0 Å². The monoisotopic (exact) mass is 231 g/mol. The van der Waals surface area contributed by atoms with Crippen LogP contribution >= 0.6 is 34.8 Å². The second-order valence-corrected chi connectivity index (χ2v) is 3.37. The minimum absolute atomic E-state index is 0.448. The Labute approximate surface area is 81.5 Å². The minimum atomic E-state index is -2.83. The molecule has 0 spiro atoms. The van der Waals surface area contributed by atoms with Gasteiger partial charge in [0.15, 0.2) is 0 Å². The van der Waals surface area contributed by atoms with E-state index in [0.717, 1.165) is 0 Å². The summed E-state index contributed by atoms with van der Waals surface area (Å²) in [6.45, 7) is 0. The number of nitrogens with zero attached hydrogens (tertiary/aromatic N) is 2. The first-order valence-electron chi connectivity index (χ1n) is 2.59. The van der Waals surface area contributed by atoms with Crippen molar-refractivity contribution in [3.63, 3.8) is 0 Å². The molecular formula is C5Cl3F2N2. The predicted octanol–water partition coefficient (Wildman–Crippen LogP) is 2.63. The lowest BCUT2D eigenvalue weighted by molar-refractivity contribution is 0.379. The number of hydrogen-bond donors (Lipinski definition) is 0. The van der Waals surface area contributed by atoms with Crippen molar-refractivity contribution in [1.29, 1.82) is 0 Å². The molecule has 1 radical (unpaired) electrons. The Hall–Kier alpha value is -0.190. The van der Waals surface area contributed by atoms with Crippen LogP contribution in [0.15, 0.2) is 0 Å². The Balaban J connectivity index is 3.14. The van der Waals surface area contributed by atoms with Gasteiger partial charge >= 0.3 is 4.59 Å². The minimum Gasteiger partial charge on any atom is -0.224 e. The Morgan fingerprint density at radius 2 is 2.00 bits per heavy atom. The highest BCUT2D eigenvalue weighted by Crippen LogP contribution is 2.32. The predicted molar refractivity (Wildman–Crippen MR) is 40.3 cm³/mol. The average molecular weight is 232 g/mol. The average Bonchev–Trinajstić information content (AvgIpc) is 1.92. The molecule has 12 heavy (non-hydrogen) atoms. The molecule has 0 bridgehead atoms. The molecular weight excluding hydrogens is 232 g/mol. The molecule has 0 aliphatic heterocycles. The lowest BCUT2D eigenvalue weighted by Crippen LogP contribution is -2.09. The molecule has 65 valence electrons. The number of hydrogen-bond acceptors (Lipinski definition) is 2. The van der Waals surface area contributed by atoms with E-state index in [-0.39, 0.29) is 0 Å². The van der Waals surface area contributed by atoms with E-state index in [2.05, 4.69) is 9.97 Å². The van der Waals surface area contributed by atoms with Crippen LogP contribution < -0.4 is 0 Å². The molecule has 1 rings (SSSR count). The van der Waals surface area contributed by atoms with Gasteiger partial charge in [0.1, 0.15) is 11.2 Å². The highest BCUT2D eigenvalue weighted by atomic mass is 35.5. The molecule has 0 aliphatic carbocycles. The van der Waals surface area contributed by atoms with Crippen LogP contribution in [0.5, 0.6) is 0 Å². The topological polar surface area (TPSA) is 25.8 Å². The van der Waals surface area contributed by atoms with Crippen LogP contribution in [0, 0.1) is 12.1 Å². The van der Waals surface area contributed by atoms with E-state index in [1.165, 1.54) is 0 Å². The van der Waals surface area contributed by atoms with Crippen molar-refractivity contribution in [1.82, 2.24) is 9.97 Å². The molecule has 0 amide bonds. The summed E-state index contributed by atoms with van der Waals surface area (Å²) in [5, 5.41) is -0.448. The van der Waals surface area contributed by atoms with Gasteiger partial charge < -0.3 is 0 Å². The molecule has 0 fully saturated rings. The van der Waals surface area contributed by atoms with E-state index in [1.807, 2.05) is 6.20 Å². The second kappa shape index (κ2) is 3.28. The van der Waals surface area contributed by atoms with Gasteiger partial charge in [-0.15, -0.1) is 0 Å². The van der Waals surface area contributed by atoms with Gasteiger partial charge in [-0.3, -0.25) is 0 Å². The second-order valence-electron chi connectivity index (χ2n) is 1.76. The van der Waals surface area contributed by atoms with Crippen molar-refractivity contribution in [2.24, 2.45) is 0 Å². The first-order chi connectivity index (χ1) is 5.41. The summed E-state index contributed by atoms with van der Waals surface area (Å²) in [4.78, 5) is 6.13. The maximum absolute atomic E-state index is 12.6. The zero-order valence-corrected chi connectivity index (χ0v) is 7.55. The first-order valence-corrected chi connectivity index (χ1v) is 3.72. The lowest BCUT2D eigenvalue weighted by atomic mass is 10.6. The van der Waals surface area contributed by atoms with Crippen LogP contribution in [-0.4, -0.2) is 9.97 Å². The first kappa shape index (κ1) is 9.89. The maximum Gasteiger partial charge on any atom is 0.317 e. The zero-order valence-electron chi connectivity index (χ0n) is 5.28. The van der Waals surface area contributed by atoms with Gasteiger partial charge in [0.05, 0.1) is 0 Å². The fraction of sp³-hybridized carbons (Fsp3) is 0.200. The van der Waals surface area contributed by atoms with E-state index < -0.39 is 21.4 Å². The molecule has 2 nitrogen and oxygen atoms in total. The summed E-state index contributed by atoms with van der Waals surface area (Å²) in [5.41, 5.74) is 0. The van der Waals surface area contributed by atoms with Crippen molar-refractivity contribution in [3.05, 3.63) is 23.0 Å². The van der Waals surface area contributed by atoms with Gasteiger partial charge in [-0.05, 0) is 0 Å². The number of aromatic nitrogens is 2. The third-order valence-corrected chi connectivity index (χ3v) is 1.48. The summed E-state index contributed by atoms with van der Waals surface area (Å²) < 4.78 is 22.3. The van der Waals surface area contributed by atoms with Gasteiger partial charge in [-0.25, -0.2) is 4.98 Å². The quantitative estimate of drug-likeness (QED) is 0.549. The van der Waals surface area contributed by atoms with Crippen LogP contribution in [0.25, 0.3) is 0 Å². The van der Waals surface area contributed by atoms with Crippen molar-refractivity contribution in [2.45, 2.75) is 4.59 Å². The summed E-state index contributed by atoms with van der Waals surface area (Å²) in [7, 11) is 0. The largest absolute Gasteiger partial charge is 0.317 e. The molecule has 0 atom stereocenters. The van der Waals surface area contributed by atoms with Crippen LogP contribution in [0.4, 0.5) is 8.78 Å². The molecule has 0 unspecified atom stereocenters. The van der Waals surface area contributed by atoms with Crippen LogP contribution in [-0.2, 0) is 4.59 Å². The molecule has 1 heterocycles. The van der Waals surface area contributed by atoms with E-state index in [9.17, 15) is 8.78 Å². The van der Waals surface area contributed by atoms with Gasteiger partial charge in [0.2, 0.25) is 11.8 Å². The third kappa shape index (κ3) is 2.15. The SMILES string of the molecule is Fc1nc(C(F)(Cl)Cl)n[c]c1Cl. The number of alkyl halides is 3. The highest BCUT2D eigenvalue weighted by Gasteiger charge is 2.30. The van der Waals surface area contributed by atoms with Gasteiger partial charge in [-0.1, -0.05) is 34.8 Å². The number of halogens is 5. The Morgan fingerprint density at radius 1 is 1.42 bits per heavy atom. The fourth-order valence-electron chi connectivity index (χ4n) is 0.442.